The monoisotopic (exact) mass is 276 g/mol. The van der Waals surface area contributed by atoms with Crippen molar-refractivity contribution < 1.29 is 0 Å². The first-order valence-corrected chi connectivity index (χ1v) is 9.00. The van der Waals surface area contributed by atoms with Crippen LogP contribution in [0.5, 0.6) is 0 Å². The third-order valence-corrected chi connectivity index (χ3v) is 6.98. The van der Waals surface area contributed by atoms with Gasteiger partial charge in [0.2, 0.25) is 0 Å². The maximum atomic E-state index is 2.88. The molecule has 2 spiro atoms. The van der Waals surface area contributed by atoms with Crippen molar-refractivity contribution in [2.24, 2.45) is 11.3 Å². The highest BCUT2D eigenvalue weighted by Gasteiger charge is 2.67. The van der Waals surface area contributed by atoms with Gasteiger partial charge in [0.25, 0.3) is 0 Å². The fourth-order valence-electron chi connectivity index (χ4n) is 5.74. The van der Waals surface area contributed by atoms with E-state index >= 15 is 0 Å². The molecule has 0 amide bonds. The topological polar surface area (TPSA) is 6.48 Å². The molecule has 2 heteroatoms. The van der Waals surface area contributed by atoms with Crippen LogP contribution in [0.4, 0.5) is 0 Å². The zero-order chi connectivity index (χ0) is 14.1. The Morgan fingerprint density at radius 1 is 0.950 bits per heavy atom. The molecule has 2 saturated heterocycles. The summed E-state index contributed by atoms with van der Waals surface area (Å²) in [5, 5.41) is 0. The van der Waals surface area contributed by atoms with Crippen molar-refractivity contribution in [3.05, 3.63) is 0 Å². The molecule has 2 nitrogen and oxygen atoms in total. The largest absolute Gasteiger partial charge is 0.297 e. The van der Waals surface area contributed by atoms with E-state index < -0.39 is 0 Å². The van der Waals surface area contributed by atoms with Crippen LogP contribution in [0.1, 0.15) is 66.2 Å². The van der Waals surface area contributed by atoms with Crippen LogP contribution in [0.25, 0.3) is 0 Å². The Kier molecular flexibility index (Phi) is 2.87. The van der Waals surface area contributed by atoms with E-state index in [4.69, 9.17) is 0 Å². The van der Waals surface area contributed by atoms with Gasteiger partial charge >= 0.3 is 0 Å². The molecular weight excluding hydrogens is 244 g/mol. The standard InChI is InChI=1S/C18H32N2/c1-13(2)19-12-17(7-8-17)11-16(19)15-10-18(15)6-5-9-20(18)14(3)4/h13-16H,5-12H2,1-4H3. The van der Waals surface area contributed by atoms with Crippen LogP contribution in [0.3, 0.4) is 0 Å². The maximum Gasteiger partial charge on any atom is 0.0260 e. The summed E-state index contributed by atoms with van der Waals surface area (Å²) in [5.74, 6) is 0.981. The molecule has 2 heterocycles. The molecule has 0 aromatic heterocycles. The summed E-state index contributed by atoms with van der Waals surface area (Å²) in [7, 11) is 0. The van der Waals surface area contributed by atoms with Crippen LogP contribution in [-0.4, -0.2) is 46.6 Å². The lowest BCUT2D eigenvalue weighted by Crippen LogP contribution is -2.44. The van der Waals surface area contributed by atoms with E-state index in [2.05, 4.69) is 37.5 Å². The third kappa shape index (κ3) is 1.83. The lowest BCUT2D eigenvalue weighted by atomic mass is 9.97. The van der Waals surface area contributed by atoms with Crippen LogP contribution < -0.4 is 0 Å². The fraction of sp³-hybridized carbons (Fsp3) is 1.00. The second-order valence-electron chi connectivity index (χ2n) is 8.84. The van der Waals surface area contributed by atoms with E-state index in [-0.39, 0.29) is 0 Å². The van der Waals surface area contributed by atoms with Crippen molar-refractivity contribution >= 4 is 0 Å². The average molecular weight is 276 g/mol. The van der Waals surface area contributed by atoms with Crippen LogP contribution in [0.2, 0.25) is 0 Å². The Hall–Kier alpha value is -0.0800. The van der Waals surface area contributed by atoms with Crippen molar-refractivity contribution in [2.45, 2.75) is 89.9 Å². The Morgan fingerprint density at radius 2 is 1.70 bits per heavy atom. The van der Waals surface area contributed by atoms with Gasteiger partial charge in [-0.2, -0.15) is 0 Å². The molecule has 0 aromatic carbocycles. The number of hydrogen-bond acceptors (Lipinski definition) is 2. The Bertz CT molecular complexity index is 398. The molecule has 3 unspecified atom stereocenters. The van der Waals surface area contributed by atoms with E-state index in [1.54, 1.807) is 0 Å². The van der Waals surface area contributed by atoms with Gasteiger partial charge in [-0.3, -0.25) is 9.80 Å². The van der Waals surface area contributed by atoms with Gasteiger partial charge in [0, 0.05) is 30.2 Å². The van der Waals surface area contributed by atoms with Crippen LogP contribution in [0.15, 0.2) is 0 Å². The first-order valence-electron chi connectivity index (χ1n) is 9.00. The smallest absolute Gasteiger partial charge is 0.0260 e. The van der Waals surface area contributed by atoms with Gasteiger partial charge in [-0.15, -0.1) is 0 Å². The van der Waals surface area contributed by atoms with Crippen LogP contribution >= 0.6 is 0 Å². The zero-order valence-electron chi connectivity index (χ0n) is 13.9. The first kappa shape index (κ1) is 13.6. The lowest BCUT2D eigenvalue weighted by molar-refractivity contribution is 0.127. The normalized spacial score (nSPS) is 43.5. The SMILES string of the molecule is CC(C)N1CC2(CC2)CC1C1CC12CCCN2C(C)C. The second kappa shape index (κ2) is 4.23. The Morgan fingerprint density at radius 3 is 2.30 bits per heavy atom. The van der Waals surface area contributed by atoms with Crippen molar-refractivity contribution in [1.29, 1.82) is 0 Å². The van der Waals surface area contributed by atoms with E-state index in [9.17, 15) is 0 Å². The van der Waals surface area contributed by atoms with Gasteiger partial charge in [0.15, 0.2) is 0 Å². The molecule has 2 aliphatic carbocycles. The highest BCUT2D eigenvalue weighted by Crippen LogP contribution is 2.64. The van der Waals surface area contributed by atoms with E-state index in [1.807, 2.05) is 0 Å². The summed E-state index contributed by atoms with van der Waals surface area (Å²) < 4.78 is 0. The molecule has 0 N–H and O–H groups in total. The molecule has 3 atom stereocenters. The highest BCUT2D eigenvalue weighted by molar-refractivity contribution is 5.21. The summed E-state index contributed by atoms with van der Waals surface area (Å²) in [6.45, 7) is 12.4. The number of rotatable bonds is 3. The average Bonchev–Trinajstić information content (AvgIpc) is 3.14. The third-order valence-electron chi connectivity index (χ3n) is 6.98. The predicted molar refractivity (Wildman–Crippen MR) is 83.8 cm³/mol. The minimum Gasteiger partial charge on any atom is -0.297 e. The highest BCUT2D eigenvalue weighted by atomic mass is 15.3. The predicted octanol–water partition coefficient (Wildman–Crippen LogP) is 3.51. The molecular formula is C18H32N2. The minimum absolute atomic E-state index is 0.617. The number of hydrogen-bond donors (Lipinski definition) is 0. The van der Waals surface area contributed by atoms with Crippen molar-refractivity contribution in [3.63, 3.8) is 0 Å². The van der Waals surface area contributed by atoms with E-state index in [0.29, 0.717) is 5.54 Å². The summed E-state index contributed by atoms with van der Waals surface area (Å²) in [5.41, 5.74) is 1.38. The fourth-order valence-corrected chi connectivity index (χ4v) is 5.74. The summed E-state index contributed by atoms with van der Waals surface area (Å²) in [6, 6.07) is 2.38. The molecule has 2 saturated carbocycles. The maximum absolute atomic E-state index is 2.88. The van der Waals surface area contributed by atoms with Crippen LogP contribution in [0, 0.1) is 11.3 Å². The van der Waals surface area contributed by atoms with Crippen molar-refractivity contribution in [3.8, 4) is 0 Å². The van der Waals surface area contributed by atoms with Gasteiger partial charge in [-0.25, -0.2) is 0 Å². The molecule has 4 aliphatic rings. The van der Waals surface area contributed by atoms with Crippen molar-refractivity contribution in [2.75, 3.05) is 13.1 Å². The van der Waals surface area contributed by atoms with E-state index in [1.165, 1.54) is 51.6 Å². The number of nitrogens with zero attached hydrogens (tertiary/aromatic N) is 2. The molecule has 4 fully saturated rings. The van der Waals surface area contributed by atoms with Gasteiger partial charge in [0.05, 0.1) is 0 Å². The molecule has 20 heavy (non-hydrogen) atoms. The van der Waals surface area contributed by atoms with Gasteiger partial charge < -0.3 is 0 Å². The van der Waals surface area contributed by atoms with E-state index in [0.717, 1.165) is 29.5 Å². The molecule has 4 rings (SSSR count). The van der Waals surface area contributed by atoms with Gasteiger partial charge in [-0.1, -0.05) is 0 Å². The van der Waals surface area contributed by atoms with Crippen molar-refractivity contribution in [1.82, 2.24) is 9.80 Å². The molecule has 0 radical (unpaired) electrons. The summed E-state index contributed by atoms with van der Waals surface area (Å²) in [6.07, 6.45) is 8.96. The minimum atomic E-state index is 0.617. The molecule has 2 aliphatic heterocycles. The molecule has 0 bridgehead atoms. The summed E-state index contributed by atoms with van der Waals surface area (Å²) >= 11 is 0. The zero-order valence-corrected chi connectivity index (χ0v) is 13.9. The first-order chi connectivity index (χ1) is 9.47. The van der Waals surface area contributed by atoms with Gasteiger partial charge in [0.1, 0.15) is 0 Å². The quantitative estimate of drug-likeness (QED) is 0.778. The Balaban J connectivity index is 1.54. The second-order valence-corrected chi connectivity index (χ2v) is 8.84. The van der Waals surface area contributed by atoms with Crippen LogP contribution in [-0.2, 0) is 0 Å². The number of likely N-dealkylation sites (tertiary alicyclic amines) is 2. The molecule has 0 aromatic rings. The lowest BCUT2D eigenvalue weighted by Gasteiger charge is -2.34. The summed E-state index contributed by atoms with van der Waals surface area (Å²) in [4.78, 5) is 5.73. The van der Waals surface area contributed by atoms with Gasteiger partial charge in [-0.05, 0) is 84.1 Å². The molecule has 114 valence electrons. The Labute approximate surface area is 124 Å².